The van der Waals surface area contributed by atoms with Crippen LogP contribution < -0.4 is 0 Å². The second-order valence-electron chi connectivity index (χ2n) is 7.81. The van der Waals surface area contributed by atoms with Gasteiger partial charge in [0.1, 0.15) is 0 Å². The maximum atomic E-state index is 13.2. The largest absolute Gasteiger partial charge is 0.334 e. The highest BCUT2D eigenvalue weighted by Crippen LogP contribution is 2.47. The van der Waals surface area contributed by atoms with E-state index in [1.54, 1.807) is 0 Å². The predicted octanol–water partition coefficient (Wildman–Crippen LogP) is 2.93. The van der Waals surface area contributed by atoms with Crippen LogP contribution in [0.3, 0.4) is 0 Å². The summed E-state index contributed by atoms with van der Waals surface area (Å²) in [5, 5.41) is 14.2. The van der Waals surface area contributed by atoms with Crippen LogP contribution in [0.1, 0.15) is 49.7 Å². The standard InChI is InChI=1S/C19H23N5O/c25-19(17-4-2-1-3-16(17)12-5-6-12)24-10-14-8-7-13(9-15(14)11-24)18-20-22-23-21-18/h7-9,12,16-17H,1-6,10-11H2,(H,20,21,22,23). The van der Waals surface area contributed by atoms with Crippen molar-refractivity contribution in [2.75, 3.05) is 0 Å². The Morgan fingerprint density at radius 2 is 1.92 bits per heavy atom. The average molecular weight is 337 g/mol. The number of aromatic nitrogens is 4. The van der Waals surface area contributed by atoms with Gasteiger partial charge in [0.25, 0.3) is 0 Å². The fourth-order valence-corrected chi connectivity index (χ4v) is 4.76. The first-order valence-electron chi connectivity index (χ1n) is 9.44. The minimum Gasteiger partial charge on any atom is -0.334 e. The highest BCUT2D eigenvalue weighted by atomic mass is 16.2. The van der Waals surface area contributed by atoms with Gasteiger partial charge in [0.05, 0.1) is 0 Å². The van der Waals surface area contributed by atoms with Gasteiger partial charge in [-0.2, -0.15) is 5.21 Å². The van der Waals surface area contributed by atoms with Gasteiger partial charge in [0, 0.05) is 24.6 Å². The number of hydrogen-bond donors (Lipinski definition) is 1. The third-order valence-electron chi connectivity index (χ3n) is 6.21. The summed E-state index contributed by atoms with van der Waals surface area (Å²) in [5.41, 5.74) is 3.42. The average Bonchev–Trinajstić information content (AvgIpc) is 3.18. The lowest BCUT2D eigenvalue weighted by atomic mass is 9.76. The van der Waals surface area contributed by atoms with Crippen molar-refractivity contribution in [3.05, 3.63) is 29.3 Å². The molecule has 0 saturated heterocycles. The Kier molecular flexibility index (Phi) is 3.57. The smallest absolute Gasteiger partial charge is 0.226 e. The summed E-state index contributed by atoms with van der Waals surface area (Å²) in [5.74, 6) is 2.71. The molecule has 0 spiro atoms. The summed E-state index contributed by atoms with van der Waals surface area (Å²) in [4.78, 5) is 15.3. The number of benzene rings is 1. The van der Waals surface area contributed by atoms with E-state index in [9.17, 15) is 4.79 Å². The second kappa shape index (κ2) is 5.93. The molecular weight excluding hydrogens is 314 g/mol. The van der Waals surface area contributed by atoms with Crippen LogP contribution in [0.15, 0.2) is 18.2 Å². The molecule has 0 radical (unpaired) electrons. The summed E-state index contributed by atoms with van der Waals surface area (Å²) in [6.45, 7) is 1.46. The molecular formula is C19H23N5O. The number of nitrogens with one attached hydrogen (secondary N) is 1. The van der Waals surface area contributed by atoms with Gasteiger partial charge in [0.2, 0.25) is 11.7 Å². The first kappa shape index (κ1) is 15.0. The molecule has 2 saturated carbocycles. The second-order valence-corrected chi connectivity index (χ2v) is 7.81. The molecule has 1 aromatic carbocycles. The van der Waals surface area contributed by atoms with E-state index in [-0.39, 0.29) is 5.92 Å². The van der Waals surface area contributed by atoms with Gasteiger partial charge in [0.15, 0.2) is 0 Å². The Morgan fingerprint density at radius 1 is 1.08 bits per heavy atom. The number of H-pyrrole nitrogens is 1. The number of hydrogen-bond acceptors (Lipinski definition) is 4. The van der Waals surface area contributed by atoms with Crippen LogP contribution >= 0.6 is 0 Å². The molecule has 6 heteroatoms. The van der Waals surface area contributed by atoms with Crippen molar-refractivity contribution in [2.24, 2.45) is 17.8 Å². The van der Waals surface area contributed by atoms with E-state index in [0.717, 1.165) is 24.4 Å². The number of carbonyl (C=O) groups excluding carboxylic acids is 1. The van der Waals surface area contributed by atoms with Gasteiger partial charge < -0.3 is 4.90 Å². The maximum Gasteiger partial charge on any atom is 0.226 e. The molecule has 2 atom stereocenters. The van der Waals surface area contributed by atoms with Gasteiger partial charge in [-0.3, -0.25) is 4.79 Å². The van der Waals surface area contributed by atoms with Crippen molar-refractivity contribution >= 4 is 5.91 Å². The van der Waals surface area contributed by atoms with Crippen LogP contribution in [0.4, 0.5) is 0 Å². The fourth-order valence-electron chi connectivity index (χ4n) is 4.76. The van der Waals surface area contributed by atoms with Gasteiger partial charge >= 0.3 is 0 Å². The summed E-state index contributed by atoms with van der Waals surface area (Å²) in [7, 11) is 0. The zero-order valence-electron chi connectivity index (χ0n) is 14.3. The van der Waals surface area contributed by atoms with Crippen molar-refractivity contribution in [2.45, 2.75) is 51.6 Å². The quantitative estimate of drug-likeness (QED) is 0.934. The van der Waals surface area contributed by atoms with E-state index in [0.29, 0.717) is 24.2 Å². The van der Waals surface area contributed by atoms with Gasteiger partial charge in [-0.15, -0.1) is 10.2 Å². The molecule has 1 N–H and O–H groups in total. The Hall–Kier alpha value is -2.24. The fraction of sp³-hybridized carbons (Fsp3) is 0.579. The van der Waals surface area contributed by atoms with E-state index in [4.69, 9.17) is 0 Å². The molecule has 2 aliphatic carbocycles. The van der Waals surface area contributed by atoms with Gasteiger partial charge in [-0.1, -0.05) is 25.0 Å². The Balaban J connectivity index is 1.34. The van der Waals surface area contributed by atoms with Crippen molar-refractivity contribution in [1.29, 1.82) is 0 Å². The topological polar surface area (TPSA) is 74.8 Å². The molecule has 0 bridgehead atoms. The molecule has 2 heterocycles. The highest BCUT2D eigenvalue weighted by Gasteiger charge is 2.42. The Morgan fingerprint density at radius 3 is 2.72 bits per heavy atom. The number of nitrogens with zero attached hydrogens (tertiary/aromatic N) is 4. The molecule has 2 aromatic rings. The van der Waals surface area contributed by atoms with Crippen molar-refractivity contribution in [1.82, 2.24) is 25.5 Å². The number of aromatic amines is 1. The van der Waals surface area contributed by atoms with Crippen molar-refractivity contribution < 1.29 is 4.79 Å². The minimum absolute atomic E-state index is 0.257. The SMILES string of the molecule is O=C(C1CCCCC1C1CC1)N1Cc2ccc(-c3nn[nH]n3)cc2C1. The first-order chi connectivity index (χ1) is 12.3. The molecule has 5 rings (SSSR count). The highest BCUT2D eigenvalue weighted by molar-refractivity contribution is 5.80. The van der Waals surface area contributed by atoms with Crippen LogP contribution in [-0.4, -0.2) is 31.4 Å². The monoisotopic (exact) mass is 337 g/mol. The van der Waals surface area contributed by atoms with Crippen LogP contribution in [0.2, 0.25) is 0 Å². The number of carbonyl (C=O) groups is 1. The first-order valence-corrected chi connectivity index (χ1v) is 9.44. The lowest BCUT2D eigenvalue weighted by Gasteiger charge is -2.33. The maximum absolute atomic E-state index is 13.2. The summed E-state index contributed by atoms with van der Waals surface area (Å²) in [6, 6.07) is 6.23. The zero-order valence-corrected chi connectivity index (χ0v) is 14.3. The summed E-state index contributed by atoms with van der Waals surface area (Å²) < 4.78 is 0. The zero-order chi connectivity index (χ0) is 16.8. The van der Waals surface area contributed by atoms with E-state index in [2.05, 4.69) is 37.7 Å². The molecule has 1 amide bonds. The predicted molar refractivity (Wildman–Crippen MR) is 92.0 cm³/mol. The number of rotatable bonds is 3. The molecule has 1 aromatic heterocycles. The molecule has 3 aliphatic rings. The van der Waals surface area contributed by atoms with E-state index >= 15 is 0 Å². The molecule has 2 unspecified atom stereocenters. The third-order valence-corrected chi connectivity index (χ3v) is 6.21. The van der Waals surface area contributed by atoms with Crippen LogP contribution in [0, 0.1) is 17.8 Å². The van der Waals surface area contributed by atoms with Crippen LogP contribution in [0.25, 0.3) is 11.4 Å². The molecule has 2 fully saturated rings. The molecule has 25 heavy (non-hydrogen) atoms. The van der Waals surface area contributed by atoms with Crippen molar-refractivity contribution in [3.8, 4) is 11.4 Å². The Bertz CT molecular complexity index is 783. The normalized spacial score (nSPS) is 25.8. The molecule has 6 nitrogen and oxygen atoms in total. The lowest BCUT2D eigenvalue weighted by Crippen LogP contribution is -2.38. The summed E-state index contributed by atoms with van der Waals surface area (Å²) in [6.07, 6.45) is 7.53. The molecule has 130 valence electrons. The van der Waals surface area contributed by atoms with E-state index in [1.165, 1.54) is 43.2 Å². The van der Waals surface area contributed by atoms with E-state index < -0.39 is 0 Å². The van der Waals surface area contributed by atoms with Crippen molar-refractivity contribution in [3.63, 3.8) is 0 Å². The minimum atomic E-state index is 0.257. The van der Waals surface area contributed by atoms with Gasteiger partial charge in [-0.25, -0.2) is 0 Å². The van der Waals surface area contributed by atoms with Gasteiger partial charge in [-0.05, 0) is 59.9 Å². The molecule has 1 aliphatic heterocycles. The summed E-state index contributed by atoms with van der Waals surface area (Å²) >= 11 is 0. The lowest BCUT2D eigenvalue weighted by molar-refractivity contribution is -0.139. The number of fused-ring (bicyclic) bond motifs is 1. The Labute approximate surface area is 147 Å². The third kappa shape index (κ3) is 2.73. The van der Waals surface area contributed by atoms with E-state index in [1.807, 2.05) is 6.07 Å². The number of tetrazole rings is 1. The van der Waals surface area contributed by atoms with Crippen LogP contribution in [0.5, 0.6) is 0 Å². The number of amides is 1. The van der Waals surface area contributed by atoms with Crippen LogP contribution in [-0.2, 0) is 17.9 Å².